The van der Waals surface area contributed by atoms with Crippen LogP contribution in [0.2, 0.25) is 10.0 Å². The molecular weight excluding hydrogens is 263 g/mol. The van der Waals surface area contributed by atoms with Gasteiger partial charge in [0.1, 0.15) is 12.4 Å². The Hall–Kier alpha value is -1.19. The number of esters is 1. The van der Waals surface area contributed by atoms with Crippen LogP contribution in [0.4, 0.5) is 0 Å². The van der Waals surface area contributed by atoms with Gasteiger partial charge in [-0.25, -0.2) is 4.79 Å². The van der Waals surface area contributed by atoms with Crippen molar-refractivity contribution >= 4 is 29.2 Å². The van der Waals surface area contributed by atoms with E-state index in [9.17, 15) is 4.79 Å². The molecule has 0 N–H and O–H groups in total. The number of methoxy groups -OCH3 is 1. The molecule has 0 heterocycles. The van der Waals surface area contributed by atoms with Crippen molar-refractivity contribution in [3.63, 3.8) is 0 Å². The van der Waals surface area contributed by atoms with E-state index in [1.54, 1.807) is 31.2 Å². The lowest BCUT2D eigenvalue weighted by atomic mass is 10.3. The van der Waals surface area contributed by atoms with E-state index < -0.39 is 0 Å². The molecule has 0 aromatic heterocycles. The van der Waals surface area contributed by atoms with Gasteiger partial charge in [-0.3, -0.25) is 0 Å². The molecule has 1 rings (SSSR count). The third-order valence-corrected chi connectivity index (χ3v) is 2.58. The number of carbonyl (C=O) groups excluding carboxylic acids is 1. The summed E-state index contributed by atoms with van der Waals surface area (Å²) < 4.78 is 9.93. The molecule has 0 amide bonds. The quantitative estimate of drug-likeness (QED) is 0.623. The van der Waals surface area contributed by atoms with Crippen molar-refractivity contribution in [2.75, 3.05) is 13.7 Å². The van der Waals surface area contributed by atoms with E-state index in [0.29, 0.717) is 21.4 Å². The molecule has 0 fully saturated rings. The van der Waals surface area contributed by atoms with Crippen molar-refractivity contribution < 1.29 is 14.3 Å². The van der Waals surface area contributed by atoms with Crippen molar-refractivity contribution in [1.82, 2.24) is 0 Å². The predicted molar refractivity (Wildman–Crippen MR) is 67.7 cm³/mol. The van der Waals surface area contributed by atoms with Crippen LogP contribution in [0.25, 0.3) is 0 Å². The molecule has 1 aromatic rings. The molecule has 0 radical (unpaired) electrons. The number of halogens is 2. The van der Waals surface area contributed by atoms with Gasteiger partial charge in [0, 0.05) is 16.7 Å². The molecule has 0 unspecified atom stereocenters. The SMILES string of the molecule is COC(=O)C(C)=CCOc1cc(Cl)ccc1Cl. The maximum atomic E-state index is 11.1. The summed E-state index contributed by atoms with van der Waals surface area (Å²) in [4.78, 5) is 11.1. The van der Waals surface area contributed by atoms with Crippen molar-refractivity contribution in [2.45, 2.75) is 6.92 Å². The zero-order chi connectivity index (χ0) is 12.8. The summed E-state index contributed by atoms with van der Waals surface area (Å²) in [7, 11) is 1.33. The molecule has 92 valence electrons. The Morgan fingerprint density at radius 3 is 2.76 bits per heavy atom. The average Bonchev–Trinajstić information content (AvgIpc) is 2.32. The lowest BCUT2D eigenvalue weighted by Crippen LogP contribution is -2.04. The first kappa shape index (κ1) is 13.9. The van der Waals surface area contributed by atoms with Gasteiger partial charge in [-0.2, -0.15) is 0 Å². The van der Waals surface area contributed by atoms with Gasteiger partial charge in [0.25, 0.3) is 0 Å². The highest BCUT2D eigenvalue weighted by molar-refractivity contribution is 6.34. The molecule has 0 aliphatic heterocycles. The molecule has 1 aromatic carbocycles. The number of carbonyl (C=O) groups is 1. The third kappa shape index (κ3) is 4.29. The highest BCUT2D eigenvalue weighted by Gasteiger charge is 2.04. The Bertz CT molecular complexity index is 441. The molecule has 5 heteroatoms. The van der Waals surface area contributed by atoms with E-state index in [1.165, 1.54) is 7.11 Å². The summed E-state index contributed by atoms with van der Waals surface area (Å²) in [5.41, 5.74) is 0.477. The van der Waals surface area contributed by atoms with Gasteiger partial charge in [-0.05, 0) is 25.1 Å². The van der Waals surface area contributed by atoms with Crippen molar-refractivity contribution in [1.29, 1.82) is 0 Å². The van der Waals surface area contributed by atoms with Gasteiger partial charge in [-0.1, -0.05) is 23.2 Å². The van der Waals surface area contributed by atoms with Crippen LogP contribution in [-0.2, 0) is 9.53 Å². The summed E-state index contributed by atoms with van der Waals surface area (Å²) in [6.45, 7) is 1.87. The summed E-state index contributed by atoms with van der Waals surface area (Å²) in [6, 6.07) is 4.94. The third-order valence-electron chi connectivity index (χ3n) is 2.03. The smallest absolute Gasteiger partial charge is 0.333 e. The summed E-state index contributed by atoms with van der Waals surface area (Å²) in [6.07, 6.45) is 1.61. The molecule has 17 heavy (non-hydrogen) atoms. The normalized spacial score (nSPS) is 11.2. The van der Waals surface area contributed by atoms with Crippen LogP contribution in [0.5, 0.6) is 5.75 Å². The predicted octanol–water partition coefficient (Wildman–Crippen LogP) is 3.49. The zero-order valence-corrected chi connectivity index (χ0v) is 11.0. The van der Waals surface area contributed by atoms with Gasteiger partial charge in [0.2, 0.25) is 0 Å². The van der Waals surface area contributed by atoms with E-state index in [-0.39, 0.29) is 12.6 Å². The highest BCUT2D eigenvalue weighted by Crippen LogP contribution is 2.27. The van der Waals surface area contributed by atoms with Crippen LogP contribution >= 0.6 is 23.2 Å². The number of rotatable bonds is 4. The molecule has 0 atom stereocenters. The van der Waals surface area contributed by atoms with E-state index in [0.717, 1.165) is 0 Å². The molecule has 3 nitrogen and oxygen atoms in total. The van der Waals surface area contributed by atoms with Crippen LogP contribution in [0, 0.1) is 0 Å². The van der Waals surface area contributed by atoms with Crippen molar-refractivity contribution in [2.24, 2.45) is 0 Å². The van der Waals surface area contributed by atoms with Crippen LogP contribution in [-0.4, -0.2) is 19.7 Å². The molecule has 0 saturated carbocycles. The second kappa shape index (κ2) is 6.52. The van der Waals surface area contributed by atoms with E-state index in [4.69, 9.17) is 27.9 Å². The largest absolute Gasteiger partial charge is 0.488 e. The van der Waals surface area contributed by atoms with Gasteiger partial charge in [-0.15, -0.1) is 0 Å². The Morgan fingerprint density at radius 2 is 2.12 bits per heavy atom. The first-order valence-corrected chi connectivity index (χ1v) is 5.63. The molecule has 0 aliphatic carbocycles. The molecule has 0 bridgehead atoms. The zero-order valence-electron chi connectivity index (χ0n) is 9.50. The highest BCUT2D eigenvalue weighted by atomic mass is 35.5. The fraction of sp³-hybridized carbons (Fsp3) is 0.250. The summed E-state index contributed by atoms with van der Waals surface area (Å²) in [5.74, 6) is 0.0962. The standard InChI is InChI=1S/C12H12Cl2O3/c1-8(12(15)16-2)5-6-17-11-7-9(13)3-4-10(11)14/h3-5,7H,6H2,1-2H3. The van der Waals surface area contributed by atoms with E-state index in [1.807, 2.05) is 0 Å². The van der Waals surface area contributed by atoms with Crippen LogP contribution in [0.3, 0.4) is 0 Å². The number of benzene rings is 1. The Kier molecular flexibility index (Phi) is 5.32. The number of ether oxygens (including phenoxy) is 2. The maximum absolute atomic E-state index is 11.1. The van der Waals surface area contributed by atoms with Crippen molar-refractivity contribution in [3.8, 4) is 5.75 Å². The summed E-state index contributed by atoms with van der Waals surface area (Å²) >= 11 is 11.7. The second-order valence-electron chi connectivity index (χ2n) is 3.26. The number of hydrogen-bond acceptors (Lipinski definition) is 3. The van der Waals surface area contributed by atoms with Gasteiger partial charge in [0.05, 0.1) is 12.1 Å². The lowest BCUT2D eigenvalue weighted by Gasteiger charge is -2.06. The van der Waals surface area contributed by atoms with Gasteiger partial charge >= 0.3 is 5.97 Å². The first-order chi connectivity index (χ1) is 8.04. The first-order valence-electron chi connectivity index (χ1n) is 4.87. The van der Waals surface area contributed by atoms with Crippen molar-refractivity contribution in [3.05, 3.63) is 39.9 Å². The minimum Gasteiger partial charge on any atom is -0.488 e. The fourth-order valence-electron chi connectivity index (χ4n) is 1.09. The number of hydrogen-bond donors (Lipinski definition) is 0. The molecule has 0 spiro atoms. The van der Waals surface area contributed by atoms with E-state index in [2.05, 4.69) is 4.74 Å². The lowest BCUT2D eigenvalue weighted by molar-refractivity contribution is -0.136. The van der Waals surface area contributed by atoms with Crippen LogP contribution in [0.1, 0.15) is 6.92 Å². The Morgan fingerprint density at radius 1 is 1.41 bits per heavy atom. The van der Waals surface area contributed by atoms with Gasteiger partial charge < -0.3 is 9.47 Å². The fourth-order valence-corrected chi connectivity index (χ4v) is 1.42. The van der Waals surface area contributed by atoms with Crippen LogP contribution in [0.15, 0.2) is 29.8 Å². The minimum absolute atomic E-state index is 0.223. The topological polar surface area (TPSA) is 35.5 Å². The maximum Gasteiger partial charge on any atom is 0.333 e. The molecule has 0 saturated heterocycles. The minimum atomic E-state index is -0.384. The van der Waals surface area contributed by atoms with Crippen LogP contribution < -0.4 is 4.74 Å². The van der Waals surface area contributed by atoms with Gasteiger partial charge in [0.15, 0.2) is 0 Å². The second-order valence-corrected chi connectivity index (χ2v) is 4.11. The molecule has 0 aliphatic rings. The average molecular weight is 275 g/mol. The van der Waals surface area contributed by atoms with E-state index >= 15 is 0 Å². The molecular formula is C12H12Cl2O3. The monoisotopic (exact) mass is 274 g/mol. The summed E-state index contributed by atoms with van der Waals surface area (Å²) in [5, 5.41) is 1.01. The Balaban J connectivity index is 2.62. The Labute approximate surface area is 110 Å².